The van der Waals surface area contributed by atoms with E-state index in [0.717, 1.165) is 19.4 Å². The molecule has 2 heteroatoms. The van der Waals surface area contributed by atoms with E-state index in [9.17, 15) is 0 Å². The van der Waals surface area contributed by atoms with E-state index in [-0.39, 0.29) is 0 Å². The molecular weight excluding hydrogens is 230 g/mol. The van der Waals surface area contributed by atoms with Crippen LogP contribution in [-0.2, 0) is 6.54 Å². The Hall–Kier alpha value is -1.05. The molecule has 0 heterocycles. The molecule has 1 aliphatic carbocycles. The third-order valence-corrected chi connectivity index (χ3v) is 3.90. The highest BCUT2D eigenvalue weighted by Crippen LogP contribution is 2.26. The third kappa shape index (κ3) is 2.31. The summed E-state index contributed by atoms with van der Waals surface area (Å²) in [5.41, 5.74) is 1.38. The van der Waals surface area contributed by atoms with Crippen molar-refractivity contribution < 1.29 is 0 Å². The Morgan fingerprint density at radius 2 is 1.82 bits per heavy atom. The highest BCUT2D eigenvalue weighted by Gasteiger charge is 2.26. The number of nitrogens with one attached hydrogen (secondary N) is 1. The van der Waals surface area contributed by atoms with Gasteiger partial charge in [-0.05, 0) is 29.2 Å². The lowest BCUT2D eigenvalue weighted by molar-refractivity contribution is 0.345. The van der Waals surface area contributed by atoms with E-state index < -0.39 is 0 Å². The van der Waals surface area contributed by atoms with Crippen LogP contribution in [0.3, 0.4) is 0 Å². The Balaban J connectivity index is 1.76. The van der Waals surface area contributed by atoms with Crippen LogP contribution >= 0.6 is 11.6 Å². The molecule has 88 valence electrons. The molecule has 1 saturated carbocycles. The summed E-state index contributed by atoms with van der Waals surface area (Å²) in [6.07, 6.45) is 2.21. The van der Waals surface area contributed by atoms with Gasteiger partial charge in [0.1, 0.15) is 0 Å². The predicted octanol–water partition coefficient (Wildman–Crippen LogP) is 3.70. The summed E-state index contributed by atoms with van der Waals surface area (Å²) >= 11 is 5.98. The fraction of sp³-hybridized carbons (Fsp3) is 0.333. The first-order chi connectivity index (χ1) is 8.33. The van der Waals surface area contributed by atoms with Gasteiger partial charge in [-0.1, -0.05) is 42.5 Å². The van der Waals surface area contributed by atoms with Gasteiger partial charge in [-0.3, -0.25) is 0 Å². The lowest BCUT2D eigenvalue weighted by Gasteiger charge is -2.31. The van der Waals surface area contributed by atoms with E-state index in [0.29, 0.717) is 11.4 Å². The van der Waals surface area contributed by atoms with Crippen LogP contribution in [0.5, 0.6) is 0 Å². The summed E-state index contributed by atoms with van der Waals surface area (Å²) in [6, 6.07) is 15.6. The van der Waals surface area contributed by atoms with Crippen LogP contribution in [-0.4, -0.2) is 11.4 Å². The molecule has 1 fully saturated rings. The van der Waals surface area contributed by atoms with Crippen LogP contribution < -0.4 is 5.32 Å². The van der Waals surface area contributed by atoms with Crippen LogP contribution in [0.2, 0.25) is 0 Å². The zero-order chi connectivity index (χ0) is 11.7. The maximum absolute atomic E-state index is 5.98. The Kier molecular flexibility index (Phi) is 3.04. The number of alkyl halides is 1. The Bertz CT molecular complexity index is 512. The zero-order valence-electron chi connectivity index (χ0n) is 9.70. The molecular formula is C15H16ClN. The molecule has 17 heavy (non-hydrogen) atoms. The largest absolute Gasteiger partial charge is 0.310 e. The molecule has 1 N–H and O–H groups in total. The zero-order valence-corrected chi connectivity index (χ0v) is 10.5. The molecule has 1 aliphatic rings. The maximum atomic E-state index is 5.98. The fourth-order valence-electron chi connectivity index (χ4n) is 2.42. The van der Waals surface area contributed by atoms with Crippen molar-refractivity contribution in [2.75, 3.05) is 0 Å². The smallest absolute Gasteiger partial charge is 0.0365 e. The van der Waals surface area contributed by atoms with E-state index in [1.807, 2.05) is 0 Å². The molecule has 0 bridgehead atoms. The Morgan fingerprint density at radius 3 is 2.65 bits per heavy atom. The summed E-state index contributed by atoms with van der Waals surface area (Å²) < 4.78 is 0. The minimum atomic E-state index is 0.389. The number of rotatable bonds is 3. The molecule has 0 radical (unpaired) electrons. The first kappa shape index (κ1) is 11.1. The average molecular weight is 246 g/mol. The highest BCUT2D eigenvalue weighted by molar-refractivity contribution is 6.21. The molecule has 2 aromatic carbocycles. The van der Waals surface area contributed by atoms with Gasteiger partial charge in [0, 0.05) is 18.0 Å². The van der Waals surface area contributed by atoms with Gasteiger partial charge in [0.15, 0.2) is 0 Å². The van der Waals surface area contributed by atoms with Crippen molar-refractivity contribution in [2.45, 2.75) is 30.8 Å². The molecule has 0 aliphatic heterocycles. The van der Waals surface area contributed by atoms with Crippen molar-refractivity contribution in [3.63, 3.8) is 0 Å². The van der Waals surface area contributed by atoms with Crippen LogP contribution in [0.4, 0.5) is 0 Å². The highest BCUT2D eigenvalue weighted by atomic mass is 35.5. The summed E-state index contributed by atoms with van der Waals surface area (Å²) in [4.78, 5) is 0. The second-order valence-corrected chi connectivity index (χ2v) is 5.40. The molecule has 2 aromatic rings. The molecule has 0 unspecified atom stereocenters. The molecule has 0 saturated heterocycles. The first-order valence-electron chi connectivity index (χ1n) is 6.17. The SMILES string of the molecule is ClC1CC(NCc2cccc3ccccc23)C1. The van der Waals surface area contributed by atoms with Crippen molar-refractivity contribution in [3.05, 3.63) is 48.0 Å². The van der Waals surface area contributed by atoms with E-state index in [2.05, 4.69) is 47.8 Å². The van der Waals surface area contributed by atoms with Gasteiger partial charge in [0.05, 0.1) is 0 Å². The van der Waals surface area contributed by atoms with E-state index in [1.165, 1.54) is 16.3 Å². The van der Waals surface area contributed by atoms with Gasteiger partial charge in [0.25, 0.3) is 0 Å². The summed E-state index contributed by atoms with van der Waals surface area (Å²) in [7, 11) is 0. The van der Waals surface area contributed by atoms with Crippen molar-refractivity contribution in [1.29, 1.82) is 0 Å². The number of fused-ring (bicyclic) bond motifs is 1. The summed E-state index contributed by atoms with van der Waals surface area (Å²) in [5, 5.41) is 6.63. The van der Waals surface area contributed by atoms with Crippen molar-refractivity contribution >= 4 is 22.4 Å². The molecule has 0 amide bonds. The molecule has 0 aromatic heterocycles. The quantitative estimate of drug-likeness (QED) is 0.814. The lowest BCUT2D eigenvalue weighted by atomic mass is 9.92. The van der Waals surface area contributed by atoms with Crippen LogP contribution in [0.25, 0.3) is 10.8 Å². The van der Waals surface area contributed by atoms with E-state index in [4.69, 9.17) is 11.6 Å². The number of hydrogen-bond acceptors (Lipinski definition) is 1. The Morgan fingerprint density at radius 1 is 1.06 bits per heavy atom. The van der Waals surface area contributed by atoms with Gasteiger partial charge in [-0.15, -0.1) is 11.6 Å². The standard InChI is InChI=1S/C15H16ClN/c16-13-8-14(9-13)17-10-12-6-3-5-11-4-1-2-7-15(11)12/h1-7,13-14,17H,8-10H2. The average Bonchev–Trinajstić information content (AvgIpc) is 2.33. The van der Waals surface area contributed by atoms with Crippen molar-refractivity contribution in [2.24, 2.45) is 0 Å². The van der Waals surface area contributed by atoms with Gasteiger partial charge in [-0.25, -0.2) is 0 Å². The molecule has 3 rings (SSSR count). The second-order valence-electron chi connectivity index (χ2n) is 4.78. The lowest BCUT2D eigenvalue weighted by Crippen LogP contribution is -2.41. The number of benzene rings is 2. The van der Waals surface area contributed by atoms with Crippen molar-refractivity contribution in [1.82, 2.24) is 5.32 Å². The van der Waals surface area contributed by atoms with E-state index >= 15 is 0 Å². The van der Waals surface area contributed by atoms with Crippen LogP contribution in [0.15, 0.2) is 42.5 Å². The third-order valence-electron chi connectivity index (χ3n) is 3.54. The van der Waals surface area contributed by atoms with Gasteiger partial charge >= 0.3 is 0 Å². The van der Waals surface area contributed by atoms with Crippen LogP contribution in [0, 0.1) is 0 Å². The topological polar surface area (TPSA) is 12.0 Å². The second kappa shape index (κ2) is 4.67. The van der Waals surface area contributed by atoms with Gasteiger partial charge in [0.2, 0.25) is 0 Å². The maximum Gasteiger partial charge on any atom is 0.0365 e. The van der Waals surface area contributed by atoms with Gasteiger partial charge in [-0.2, -0.15) is 0 Å². The normalized spacial score (nSPS) is 23.6. The minimum Gasteiger partial charge on any atom is -0.310 e. The molecule has 1 nitrogen and oxygen atoms in total. The van der Waals surface area contributed by atoms with E-state index in [1.54, 1.807) is 0 Å². The summed E-state index contributed by atoms with van der Waals surface area (Å²) in [5.74, 6) is 0. The molecule has 0 spiro atoms. The minimum absolute atomic E-state index is 0.389. The number of halogens is 1. The van der Waals surface area contributed by atoms with Crippen molar-refractivity contribution in [3.8, 4) is 0 Å². The summed E-state index contributed by atoms with van der Waals surface area (Å²) in [6.45, 7) is 0.940. The molecule has 0 atom stereocenters. The number of hydrogen-bond donors (Lipinski definition) is 1. The first-order valence-corrected chi connectivity index (χ1v) is 6.60. The fourth-order valence-corrected chi connectivity index (χ4v) is 2.85. The van der Waals surface area contributed by atoms with Crippen LogP contribution in [0.1, 0.15) is 18.4 Å². The monoisotopic (exact) mass is 245 g/mol. The Labute approximate surface area is 107 Å². The van der Waals surface area contributed by atoms with Gasteiger partial charge < -0.3 is 5.32 Å². The predicted molar refractivity (Wildman–Crippen MR) is 73.5 cm³/mol.